The molecule has 0 spiro atoms. The quantitative estimate of drug-likeness (QED) is 0.235. The van der Waals surface area contributed by atoms with Gasteiger partial charge < -0.3 is 0 Å². The molecule has 1 aliphatic heterocycles. The van der Waals surface area contributed by atoms with E-state index >= 15 is 0 Å². The molecule has 188 valence electrons. The zero-order valence-electron chi connectivity index (χ0n) is 21.8. The van der Waals surface area contributed by atoms with Crippen LogP contribution in [0.5, 0.6) is 0 Å². The smallest absolute Gasteiger partial charge is 0.229 e. The minimum atomic E-state index is 0.0907. The lowest BCUT2D eigenvalue weighted by Gasteiger charge is -2.29. The summed E-state index contributed by atoms with van der Waals surface area (Å²) in [5, 5.41) is 15.4. The van der Waals surface area contributed by atoms with Crippen LogP contribution >= 0.6 is 0 Å². The summed E-state index contributed by atoms with van der Waals surface area (Å²) in [5.74, 6) is 1.11. The number of para-hydroxylation sites is 1. The van der Waals surface area contributed by atoms with E-state index in [1.54, 1.807) is 0 Å². The molecule has 0 amide bonds. The number of benzene rings is 6. The molecule has 0 aromatic heterocycles. The molecule has 0 radical (unpaired) electrons. The van der Waals surface area contributed by atoms with Crippen LogP contribution in [0, 0.1) is 11.3 Å². The standard InChI is InChI=1S/C37H25N3/c38-25-26-8-7-11-31(22-26)27-14-16-28(17-15-27)32-20-18-29-19-21-33(24-34(29)23-32)37-39-36(30-9-3-1-4-10-30)40(37)35-12-5-2-6-13-35/h1-24,36H/p+1. The zero-order chi connectivity index (χ0) is 26.9. The Balaban J connectivity index is 1.25. The van der Waals surface area contributed by atoms with Gasteiger partial charge in [0.15, 0.2) is 0 Å². The molecule has 6 aromatic carbocycles. The maximum absolute atomic E-state index is 9.24. The number of hydrogen-bond acceptors (Lipinski definition) is 2. The molecule has 1 heterocycles. The SMILES string of the molecule is N#Cc1cccc(-c2ccc(-c3ccc4ccc(C5=[N+](c6ccccc6)C(c6ccccc6)N5)cc4c3)cc2)c1. The topological polar surface area (TPSA) is 38.8 Å². The van der Waals surface area contributed by atoms with Crippen molar-refractivity contribution in [2.75, 3.05) is 0 Å². The molecule has 40 heavy (non-hydrogen) atoms. The van der Waals surface area contributed by atoms with Crippen molar-refractivity contribution < 1.29 is 4.58 Å². The normalized spacial score (nSPS) is 14.3. The Morgan fingerprint density at radius 2 is 1.12 bits per heavy atom. The fourth-order valence-corrected chi connectivity index (χ4v) is 5.48. The molecule has 0 bridgehead atoms. The first-order valence-electron chi connectivity index (χ1n) is 13.4. The third kappa shape index (κ3) is 4.32. The Morgan fingerprint density at radius 1 is 0.525 bits per heavy atom. The van der Waals surface area contributed by atoms with Gasteiger partial charge in [0.05, 0.1) is 17.2 Å². The summed E-state index contributed by atoms with van der Waals surface area (Å²) in [5.41, 5.74) is 8.73. The average molecular weight is 513 g/mol. The third-order valence-electron chi connectivity index (χ3n) is 7.58. The molecular weight excluding hydrogens is 486 g/mol. The fourth-order valence-electron chi connectivity index (χ4n) is 5.48. The van der Waals surface area contributed by atoms with E-state index in [0.29, 0.717) is 5.56 Å². The van der Waals surface area contributed by atoms with Crippen LogP contribution in [0.3, 0.4) is 0 Å². The molecule has 0 saturated carbocycles. The van der Waals surface area contributed by atoms with Gasteiger partial charge in [0.25, 0.3) is 12.0 Å². The molecule has 1 N–H and O–H groups in total. The highest BCUT2D eigenvalue weighted by Crippen LogP contribution is 2.32. The Labute approximate surface area is 233 Å². The van der Waals surface area contributed by atoms with Crippen molar-refractivity contribution in [1.29, 1.82) is 5.26 Å². The Kier molecular flexibility index (Phi) is 5.92. The molecule has 0 aliphatic carbocycles. The Hall–Kier alpha value is -5.46. The van der Waals surface area contributed by atoms with Crippen molar-refractivity contribution in [2.24, 2.45) is 0 Å². The molecule has 1 aliphatic rings. The third-order valence-corrected chi connectivity index (χ3v) is 7.58. The number of rotatable bonds is 5. The maximum Gasteiger partial charge on any atom is 0.289 e. The predicted molar refractivity (Wildman–Crippen MR) is 162 cm³/mol. The van der Waals surface area contributed by atoms with Crippen molar-refractivity contribution in [3.8, 4) is 28.3 Å². The van der Waals surface area contributed by atoms with E-state index in [1.807, 2.05) is 24.3 Å². The predicted octanol–water partition coefficient (Wildman–Crippen LogP) is 8.44. The van der Waals surface area contributed by atoms with Crippen molar-refractivity contribution in [3.05, 3.63) is 162 Å². The summed E-state index contributed by atoms with van der Waals surface area (Å²) >= 11 is 0. The first-order chi connectivity index (χ1) is 19.8. The van der Waals surface area contributed by atoms with Crippen LogP contribution in [0.2, 0.25) is 0 Å². The van der Waals surface area contributed by atoms with E-state index < -0.39 is 0 Å². The van der Waals surface area contributed by atoms with Gasteiger partial charge in [-0.05, 0) is 75.5 Å². The van der Waals surface area contributed by atoms with E-state index in [9.17, 15) is 5.26 Å². The van der Waals surface area contributed by atoms with Gasteiger partial charge in [0.2, 0.25) is 0 Å². The fraction of sp³-hybridized carbons (Fsp3) is 0.0270. The minimum absolute atomic E-state index is 0.0907. The molecule has 0 saturated heterocycles. The zero-order valence-corrected chi connectivity index (χ0v) is 21.8. The van der Waals surface area contributed by atoms with Gasteiger partial charge in [-0.2, -0.15) is 9.84 Å². The summed E-state index contributed by atoms with van der Waals surface area (Å²) in [6.45, 7) is 0. The number of nitriles is 1. The van der Waals surface area contributed by atoms with Gasteiger partial charge >= 0.3 is 0 Å². The summed E-state index contributed by atoms with van der Waals surface area (Å²) in [6.07, 6.45) is 0.0907. The molecule has 6 aromatic rings. The lowest BCUT2D eigenvalue weighted by Crippen LogP contribution is -2.51. The van der Waals surface area contributed by atoms with E-state index in [-0.39, 0.29) is 6.17 Å². The molecule has 7 rings (SSSR count). The first-order valence-corrected chi connectivity index (χ1v) is 13.4. The second kappa shape index (κ2) is 10.0. The molecule has 1 atom stereocenters. The lowest BCUT2D eigenvalue weighted by atomic mass is 9.96. The highest BCUT2D eigenvalue weighted by molar-refractivity contribution is 6.02. The summed E-state index contributed by atoms with van der Waals surface area (Å²) < 4.78 is 2.38. The second-order valence-corrected chi connectivity index (χ2v) is 10.1. The highest BCUT2D eigenvalue weighted by atomic mass is 15.3. The van der Waals surface area contributed by atoms with Gasteiger partial charge in [-0.3, -0.25) is 0 Å². The van der Waals surface area contributed by atoms with Crippen LogP contribution in [0.15, 0.2) is 146 Å². The Morgan fingerprint density at radius 3 is 1.82 bits per heavy atom. The van der Waals surface area contributed by atoms with Crippen molar-refractivity contribution >= 4 is 22.3 Å². The second-order valence-electron chi connectivity index (χ2n) is 10.1. The number of nitrogens with zero attached hydrogens (tertiary/aromatic N) is 2. The first kappa shape index (κ1) is 23.6. The molecular formula is C37H26N3+. The lowest BCUT2D eigenvalue weighted by molar-refractivity contribution is -0.531. The van der Waals surface area contributed by atoms with Crippen molar-refractivity contribution in [2.45, 2.75) is 6.17 Å². The maximum atomic E-state index is 9.24. The van der Waals surface area contributed by atoms with E-state index in [2.05, 4.69) is 137 Å². The molecule has 3 nitrogen and oxygen atoms in total. The molecule has 0 fully saturated rings. The minimum Gasteiger partial charge on any atom is -0.229 e. The van der Waals surface area contributed by atoms with E-state index in [4.69, 9.17) is 0 Å². The number of hydrogen-bond donors (Lipinski definition) is 1. The molecule has 3 heteroatoms. The summed E-state index contributed by atoms with van der Waals surface area (Å²) in [6, 6.07) is 53.0. The van der Waals surface area contributed by atoms with E-state index in [1.165, 1.54) is 27.6 Å². The van der Waals surface area contributed by atoms with Crippen molar-refractivity contribution in [3.63, 3.8) is 0 Å². The van der Waals surface area contributed by atoms with Crippen LogP contribution in [0.25, 0.3) is 33.0 Å². The van der Waals surface area contributed by atoms with Gasteiger partial charge in [-0.1, -0.05) is 103 Å². The average Bonchev–Trinajstić information content (AvgIpc) is 3.01. The van der Waals surface area contributed by atoms with E-state index in [0.717, 1.165) is 28.1 Å². The van der Waals surface area contributed by atoms with Gasteiger partial charge in [-0.15, -0.1) is 0 Å². The number of fused-ring (bicyclic) bond motifs is 1. The largest absolute Gasteiger partial charge is 0.289 e. The van der Waals surface area contributed by atoms with Crippen LogP contribution < -0.4 is 5.32 Å². The van der Waals surface area contributed by atoms with Crippen molar-refractivity contribution in [1.82, 2.24) is 5.32 Å². The van der Waals surface area contributed by atoms with Gasteiger partial charge in [-0.25, -0.2) is 5.32 Å². The monoisotopic (exact) mass is 512 g/mol. The van der Waals surface area contributed by atoms with Crippen LogP contribution in [0.4, 0.5) is 5.69 Å². The van der Waals surface area contributed by atoms with Crippen LogP contribution in [-0.4, -0.2) is 10.4 Å². The van der Waals surface area contributed by atoms with Gasteiger partial charge in [0.1, 0.15) is 5.69 Å². The number of nitrogens with one attached hydrogen (secondary N) is 1. The highest BCUT2D eigenvalue weighted by Gasteiger charge is 2.40. The summed E-state index contributed by atoms with van der Waals surface area (Å²) in [7, 11) is 0. The van der Waals surface area contributed by atoms with Crippen LogP contribution in [-0.2, 0) is 0 Å². The van der Waals surface area contributed by atoms with Crippen LogP contribution in [0.1, 0.15) is 22.9 Å². The Bertz CT molecular complexity index is 1920. The number of amidine groups is 1. The van der Waals surface area contributed by atoms with Gasteiger partial charge in [0, 0.05) is 5.56 Å². The summed E-state index contributed by atoms with van der Waals surface area (Å²) in [4.78, 5) is 0. The molecule has 1 unspecified atom stereocenters.